The van der Waals surface area contributed by atoms with Gasteiger partial charge in [-0.05, 0) is 71.7 Å². The van der Waals surface area contributed by atoms with Crippen molar-refractivity contribution in [1.29, 1.82) is 0 Å². The first-order valence-corrected chi connectivity index (χ1v) is 14.6. The number of halogens is 1. The van der Waals surface area contributed by atoms with Crippen molar-refractivity contribution in [2.24, 2.45) is 5.92 Å². The summed E-state index contributed by atoms with van der Waals surface area (Å²) in [5.74, 6) is 0.921. The summed E-state index contributed by atoms with van der Waals surface area (Å²) >= 11 is 2.17. The lowest BCUT2D eigenvalue weighted by Crippen LogP contribution is -2.56. The quantitative estimate of drug-likeness (QED) is 0.323. The molecule has 4 rings (SSSR count). The minimum Gasteiger partial charge on any atom is -0.496 e. The lowest BCUT2D eigenvalue weighted by molar-refractivity contribution is -0.142. The molecule has 0 unspecified atom stereocenters. The van der Waals surface area contributed by atoms with Crippen molar-refractivity contribution in [1.82, 2.24) is 10.2 Å². The Kier molecular flexibility index (Phi) is 10.6. The molecule has 0 spiro atoms. The fourth-order valence-electron chi connectivity index (χ4n) is 5.46. The molecule has 1 fully saturated rings. The van der Waals surface area contributed by atoms with Crippen molar-refractivity contribution < 1.29 is 29.3 Å². The Hall–Kier alpha value is -2.63. The van der Waals surface area contributed by atoms with Gasteiger partial charge in [0.1, 0.15) is 23.7 Å². The zero-order valence-electron chi connectivity index (χ0n) is 22.2. The highest BCUT2D eigenvalue weighted by molar-refractivity contribution is 14.1. The molecular formula is C30H37IN2O6. The van der Waals surface area contributed by atoms with Gasteiger partial charge in [-0.2, -0.15) is 0 Å². The summed E-state index contributed by atoms with van der Waals surface area (Å²) in [4.78, 5) is 28.7. The van der Waals surface area contributed by atoms with Gasteiger partial charge in [0.05, 0.1) is 23.3 Å². The van der Waals surface area contributed by atoms with Crippen LogP contribution in [0, 0.1) is 9.49 Å². The van der Waals surface area contributed by atoms with Crippen molar-refractivity contribution in [3.05, 3.63) is 69.3 Å². The van der Waals surface area contributed by atoms with Gasteiger partial charge in [-0.15, -0.1) is 0 Å². The molecule has 3 N–H and O–H groups in total. The molecule has 2 aromatic carbocycles. The molecular weight excluding hydrogens is 611 g/mol. The number of amides is 2. The number of hydrogen-bond acceptors (Lipinski definition) is 6. The van der Waals surface area contributed by atoms with E-state index in [2.05, 4.69) is 27.9 Å². The standard InChI is InChI=1S/C30H37IN2O6/c1-38-25-12-6-4-8-20(25)14-16-33(30(37)21-9-2-3-10-21)24-18-22(29(36)32-15-17-34)19-27(28(24)35)39-26-13-7-5-11-23(26)31/h4-8,11-13,19,21,24,27-28,34-35H,2-3,9-10,14-18H2,1H3,(H,32,36)/t24-,27+,28+/m1/s1. The van der Waals surface area contributed by atoms with E-state index in [0.717, 1.165) is 40.6 Å². The number of nitrogens with one attached hydrogen (secondary N) is 1. The summed E-state index contributed by atoms with van der Waals surface area (Å²) in [5.41, 5.74) is 1.40. The van der Waals surface area contributed by atoms with Crippen LogP contribution < -0.4 is 14.8 Å². The van der Waals surface area contributed by atoms with E-state index in [-0.39, 0.29) is 37.3 Å². The fraction of sp³-hybridized carbons (Fsp3) is 0.467. The molecule has 3 atom stereocenters. The van der Waals surface area contributed by atoms with Crippen molar-refractivity contribution in [2.75, 3.05) is 26.8 Å². The zero-order valence-corrected chi connectivity index (χ0v) is 24.4. The first-order chi connectivity index (χ1) is 18.9. The molecule has 210 valence electrons. The Morgan fingerprint density at radius 1 is 1.08 bits per heavy atom. The molecule has 0 heterocycles. The first-order valence-electron chi connectivity index (χ1n) is 13.5. The molecule has 0 aliphatic heterocycles. The molecule has 0 aromatic heterocycles. The lowest BCUT2D eigenvalue weighted by Gasteiger charge is -2.41. The SMILES string of the molecule is COc1ccccc1CCN(C(=O)C1CCCC1)[C@@H]1CC(C(=O)NCCO)=C[C@H](Oc2ccccc2I)[C@H]1O. The summed E-state index contributed by atoms with van der Waals surface area (Å²) in [6, 6.07) is 14.5. The average Bonchev–Trinajstić information content (AvgIpc) is 3.50. The Morgan fingerprint density at radius 2 is 1.77 bits per heavy atom. The maximum atomic E-state index is 13.9. The maximum Gasteiger partial charge on any atom is 0.247 e. The molecule has 2 aromatic rings. The van der Waals surface area contributed by atoms with E-state index in [9.17, 15) is 19.8 Å². The smallest absolute Gasteiger partial charge is 0.247 e. The van der Waals surface area contributed by atoms with E-state index >= 15 is 0 Å². The molecule has 1 saturated carbocycles. The number of rotatable bonds is 11. The van der Waals surface area contributed by atoms with Gasteiger partial charge in [-0.25, -0.2) is 0 Å². The van der Waals surface area contributed by atoms with Crippen LogP contribution in [-0.2, 0) is 16.0 Å². The minimum absolute atomic E-state index is 0.0107. The average molecular weight is 649 g/mol. The highest BCUT2D eigenvalue weighted by Crippen LogP contribution is 2.33. The van der Waals surface area contributed by atoms with Crippen LogP contribution in [-0.4, -0.2) is 72.0 Å². The number of aliphatic hydroxyl groups excluding tert-OH is 2. The van der Waals surface area contributed by atoms with Gasteiger partial charge in [0.25, 0.3) is 0 Å². The van der Waals surface area contributed by atoms with Gasteiger partial charge in [-0.3, -0.25) is 9.59 Å². The Morgan fingerprint density at radius 3 is 2.46 bits per heavy atom. The van der Waals surface area contributed by atoms with Crippen LogP contribution in [0.5, 0.6) is 11.5 Å². The van der Waals surface area contributed by atoms with E-state index < -0.39 is 18.2 Å². The molecule has 0 saturated heterocycles. The van der Waals surface area contributed by atoms with E-state index in [0.29, 0.717) is 24.3 Å². The summed E-state index contributed by atoms with van der Waals surface area (Å²) < 4.78 is 12.7. The van der Waals surface area contributed by atoms with E-state index in [4.69, 9.17) is 9.47 Å². The summed E-state index contributed by atoms with van der Waals surface area (Å²) in [6.07, 6.45) is 4.18. The third-order valence-electron chi connectivity index (χ3n) is 7.52. The van der Waals surface area contributed by atoms with E-state index in [1.807, 2.05) is 48.5 Å². The monoisotopic (exact) mass is 648 g/mol. The van der Waals surface area contributed by atoms with Gasteiger partial charge in [-0.1, -0.05) is 43.2 Å². The highest BCUT2D eigenvalue weighted by atomic mass is 127. The van der Waals surface area contributed by atoms with Crippen LogP contribution in [0.1, 0.15) is 37.7 Å². The second-order valence-corrected chi connectivity index (χ2v) is 11.2. The third-order valence-corrected chi connectivity index (χ3v) is 8.41. The predicted octanol–water partition coefficient (Wildman–Crippen LogP) is 3.48. The third kappa shape index (κ3) is 7.32. The molecule has 2 aliphatic rings. The van der Waals surface area contributed by atoms with Crippen molar-refractivity contribution >= 4 is 34.4 Å². The van der Waals surface area contributed by atoms with E-state index in [1.165, 1.54) is 0 Å². The van der Waals surface area contributed by atoms with Crippen molar-refractivity contribution in [2.45, 2.75) is 56.8 Å². The topological polar surface area (TPSA) is 108 Å². The Balaban J connectivity index is 1.66. The molecule has 9 heteroatoms. The van der Waals surface area contributed by atoms with Crippen LogP contribution >= 0.6 is 22.6 Å². The van der Waals surface area contributed by atoms with Gasteiger partial charge in [0.15, 0.2) is 0 Å². The predicted molar refractivity (Wildman–Crippen MR) is 157 cm³/mol. The molecule has 8 nitrogen and oxygen atoms in total. The molecule has 2 amide bonds. The highest BCUT2D eigenvalue weighted by Gasteiger charge is 2.42. The summed E-state index contributed by atoms with van der Waals surface area (Å²) in [7, 11) is 1.63. The van der Waals surface area contributed by atoms with Crippen LogP contribution in [0.15, 0.2) is 60.2 Å². The second kappa shape index (κ2) is 14.1. The first kappa shape index (κ1) is 29.4. The minimum atomic E-state index is -1.04. The number of ether oxygens (including phenoxy) is 2. The van der Waals surface area contributed by atoms with Crippen LogP contribution in [0.3, 0.4) is 0 Å². The molecule has 0 bridgehead atoms. The Labute approximate surface area is 243 Å². The van der Waals surface area contributed by atoms with Crippen LogP contribution in [0.2, 0.25) is 0 Å². The van der Waals surface area contributed by atoms with Crippen molar-refractivity contribution in [3.63, 3.8) is 0 Å². The van der Waals surface area contributed by atoms with Gasteiger partial charge in [0.2, 0.25) is 11.8 Å². The largest absolute Gasteiger partial charge is 0.496 e. The number of hydrogen-bond donors (Lipinski definition) is 3. The van der Waals surface area contributed by atoms with Gasteiger partial charge < -0.3 is 29.9 Å². The second-order valence-electron chi connectivity index (χ2n) is 10.0. The van der Waals surface area contributed by atoms with Crippen molar-refractivity contribution in [3.8, 4) is 11.5 Å². The Bertz CT molecular complexity index is 1170. The number of aliphatic hydroxyl groups is 2. The normalized spacial score (nSPS) is 21.2. The van der Waals surface area contributed by atoms with Gasteiger partial charge in [0, 0.05) is 31.0 Å². The molecule has 39 heavy (non-hydrogen) atoms. The summed E-state index contributed by atoms with van der Waals surface area (Å²) in [6.45, 7) is 0.307. The fourth-order valence-corrected chi connectivity index (χ4v) is 5.98. The number of nitrogens with zero attached hydrogens (tertiary/aromatic N) is 1. The lowest BCUT2D eigenvalue weighted by atomic mass is 9.87. The maximum absolute atomic E-state index is 13.9. The van der Waals surface area contributed by atoms with Gasteiger partial charge >= 0.3 is 0 Å². The van der Waals surface area contributed by atoms with Crippen LogP contribution in [0.25, 0.3) is 0 Å². The number of methoxy groups -OCH3 is 1. The number of carbonyl (C=O) groups excluding carboxylic acids is 2. The number of para-hydroxylation sites is 2. The molecule has 2 aliphatic carbocycles. The van der Waals surface area contributed by atoms with Crippen LogP contribution in [0.4, 0.5) is 0 Å². The number of benzene rings is 2. The number of carbonyl (C=O) groups is 2. The van der Waals surface area contributed by atoms with E-state index in [1.54, 1.807) is 18.1 Å². The zero-order chi connectivity index (χ0) is 27.8. The summed E-state index contributed by atoms with van der Waals surface area (Å²) in [5, 5.41) is 23.6. The molecule has 0 radical (unpaired) electrons.